The minimum Gasteiger partial charge on any atom is -0.481 e. The van der Waals surface area contributed by atoms with Crippen molar-refractivity contribution in [1.29, 1.82) is 0 Å². The molecule has 3 N–H and O–H groups in total. The van der Waals surface area contributed by atoms with Crippen LogP contribution in [-0.4, -0.2) is 47.5 Å². The van der Waals surface area contributed by atoms with E-state index in [1.807, 2.05) is 13.8 Å². The molecule has 0 unspecified atom stereocenters. The van der Waals surface area contributed by atoms with E-state index in [0.717, 1.165) is 43.6 Å². The van der Waals surface area contributed by atoms with E-state index in [-0.39, 0.29) is 29.6 Å². The molecule has 150 valence electrons. The van der Waals surface area contributed by atoms with Gasteiger partial charge >= 0.3 is 5.97 Å². The van der Waals surface area contributed by atoms with Gasteiger partial charge in [0.15, 0.2) is 0 Å². The van der Waals surface area contributed by atoms with Gasteiger partial charge in [-0.2, -0.15) is 11.8 Å². The third kappa shape index (κ3) is 10.7. The van der Waals surface area contributed by atoms with Crippen molar-refractivity contribution in [2.24, 2.45) is 11.3 Å². The molecule has 1 fully saturated rings. The van der Waals surface area contributed by atoms with Gasteiger partial charge in [-0.1, -0.05) is 33.1 Å². The van der Waals surface area contributed by atoms with E-state index in [9.17, 15) is 14.4 Å². The van der Waals surface area contributed by atoms with Crippen LogP contribution in [0.15, 0.2) is 0 Å². The third-order valence-corrected chi connectivity index (χ3v) is 5.73. The molecule has 0 aromatic heterocycles. The van der Waals surface area contributed by atoms with E-state index in [0.29, 0.717) is 19.5 Å². The average molecular weight is 387 g/mol. The number of amides is 2. The van der Waals surface area contributed by atoms with Crippen molar-refractivity contribution in [3.8, 4) is 0 Å². The van der Waals surface area contributed by atoms with Gasteiger partial charge < -0.3 is 15.7 Å². The first-order chi connectivity index (χ1) is 12.3. The van der Waals surface area contributed by atoms with E-state index >= 15 is 0 Å². The maximum atomic E-state index is 12.0. The minimum absolute atomic E-state index is 0.0410. The fourth-order valence-electron chi connectivity index (χ4n) is 3.11. The maximum Gasteiger partial charge on any atom is 0.303 e. The van der Waals surface area contributed by atoms with Crippen LogP contribution in [0.1, 0.15) is 65.2 Å². The number of carboxylic acids is 1. The zero-order valence-electron chi connectivity index (χ0n) is 16.1. The van der Waals surface area contributed by atoms with Crippen LogP contribution in [0.4, 0.5) is 0 Å². The summed E-state index contributed by atoms with van der Waals surface area (Å²) >= 11 is 1.72. The second-order valence-corrected chi connectivity index (χ2v) is 9.05. The van der Waals surface area contributed by atoms with Gasteiger partial charge in [-0.05, 0) is 30.4 Å². The van der Waals surface area contributed by atoms with Gasteiger partial charge in [0, 0.05) is 31.2 Å². The Kier molecular flexibility index (Phi) is 10.7. The molecule has 0 atom stereocenters. The molecule has 6 nitrogen and oxygen atoms in total. The molecule has 0 radical (unpaired) electrons. The van der Waals surface area contributed by atoms with Gasteiger partial charge in [0.25, 0.3) is 0 Å². The Morgan fingerprint density at radius 2 is 1.73 bits per heavy atom. The van der Waals surface area contributed by atoms with Crippen LogP contribution in [0.3, 0.4) is 0 Å². The summed E-state index contributed by atoms with van der Waals surface area (Å²) in [5, 5.41) is 14.6. The number of hydrogen-bond acceptors (Lipinski definition) is 4. The van der Waals surface area contributed by atoms with Crippen molar-refractivity contribution in [3.63, 3.8) is 0 Å². The van der Waals surface area contributed by atoms with E-state index in [4.69, 9.17) is 5.11 Å². The summed E-state index contributed by atoms with van der Waals surface area (Å²) < 4.78 is 0. The van der Waals surface area contributed by atoms with Crippen LogP contribution in [0, 0.1) is 11.3 Å². The lowest BCUT2D eigenvalue weighted by atomic mass is 9.87. The average Bonchev–Trinajstić information content (AvgIpc) is 2.57. The Morgan fingerprint density at radius 1 is 1.04 bits per heavy atom. The molecule has 0 spiro atoms. The molecule has 0 aromatic rings. The normalized spacial score (nSPS) is 15.5. The van der Waals surface area contributed by atoms with Crippen LogP contribution in [-0.2, 0) is 14.4 Å². The van der Waals surface area contributed by atoms with Crippen LogP contribution in [0.5, 0.6) is 0 Å². The summed E-state index contributed by atoms with van der Waals surface area (Å²) in [6, 6.07) is 0. The Labute approximate surface area is 161 Å². The number of aliphatic carboxylic acids is 1. The fourth-order valence-corrected chi connectivity index (χ4v) is 4.26. The summed E-state index contributed by atoms with van der Waals surface area (Å²) in [5.41, 5.74) is -0.196. The van der Waals surface area contributed by atoms with Gasteiger partial charge in [0.1, 0.15) is 0 Å². The smallest absolute Gasteiger partial charge is 0.303 e. The molecule has 1 saturated carbocycles. The highest BCUT2D eigenvalue weighted by Crippen LogP contribution is 2.26. The summed E-state index contributed by atoms with van der Waals surface area (Å²) in [6.07, 6.45) is 6.75. The first-order valence-corrected chi connectivity index (χ1v) is 10.8. The highest BCUT2D eigenvalue weighted by Gasteiger charge is 2.21. The summed E-state index contributed by atoms with van der Waals surface area (Å²) in [6.45, 7) is 4.92. The number of carboxylic acid groups (broad SMARTS) is 1. The molecule has 0 aromatic carbocycles. The molecular weight excluding hydrogens is 352 g/mol. The lowest BCUT2D eigenvalue weighted by Gasteiger charge is -2.21. The zero-order chi connectivity index (χ0) is 19.4. The van der Waals surface area contributed by atoms with E-state index in [2.05, 4.69) is 10.6 Å². The molecule has 7 heteroatoms. The monoisotopic (exact) mass is 386 g/mol. The van der Waals surface area contributed by atoms with E-state index in [1.165, 1.54) is 6.42 Å². The van der Waals surface area contributed by atoms with Gasteiger partial charge in [-0.3, -0.25) is 14.4 Å². The van der Waals surface area contributed by atoms with Crippen molar-refractivity contribution >= 4 is 29.5 Å². The minimum atomic E-state index is -0.761. The second kappa shape index (κ2) is 12.2. The first-order valence-electron chi connectivity index (χ1n) is 9.64. The van der Waals surface area contributed by atoms with Gasteiger partial charge in [-0.15, -0.1) is 0 Å². The quantitative estimate of drug-likeness (QED) is 0.448. The fraction of sp³-hybridized carbons (Fsp3) is 0.842. The van der Waals surface area contributed by atoms with Crippen LogP contribution < -0.4 is 10.6 Å². The number of nitrogens with one attached hydrogen (secondary N) is 2. The second-order valence-electron chi connectivity index (χ2n) is 7.82. The Hall–Kier alpha value is -1.24. The van der Waals surface area contributed by atoms with Gasteiger partial charge in [-0.25, -0.2) is 0 Å². The zero-order valence-corrected chi connectivity index (χ0v) is 17.0. The van der Waals surface area contributed by atoms with Crippen molar-refractivity contribution < 1.29 is 19.5 Å². The van der Waals surface area contributed by atoms with Gasteiger partial charge in [0.2, 0.25) is 11.8 Å². The van der Waals surface area contributed by atoms with Crippen molar-refractivity contribution in [2.45, 2.75) is 65.2 Å². The summed E-state index contributed by atoms with van der Waals surface area (Å²) in [4.78, 5) is 34.5. The lowest BCUT2D eigenvalue weighted by molar-refractivity contribution is -0.139. The first kappa shape index (κ1) is 22.8. The molecule has 0 saturated heterocycles. The predicted molar refractivity (Wildman–Crippen MR) is 105 cm³/mol. The highest BCUT2D eigenvalue weighted by molar-refractivity contribution is 7.99. The summed E-state index contributed by atoms with van der Waals surface area (Å²) in [5.74, 6) is 1.12. The lowest BCUT2D eigenvalue weighted by Crippen LogP contribution is -2.35. The molecular formula is C19H34N2O4S. The Morgan fingerprint density at radius 3 is 2.38 bits per heavy atom. The molecule has 1 aliphatic carbocycles. The topological polar surface area (TPSA) is 95.5 Å². The Balaban J connectivity index is 1.99. The molecule has 2 amide bonds. The van der Waals surface area contributed by atoms with E-state index in [1.54, 1.807) is 11.8 Å². The standard InChI is InChI=1S/C19H34N2O4S/c1-19(2,14-17(23)24)9-12-26-13-11-20-16(22)8-10-21-18(25)15-6-4-3-5-7-15/h15H,3-14H2,1-2H3,(H,20,22)(H,21,25)(H,23,24). The SMILES string of the molecule is CC(C)(CCSCCNC(=O)CCNC(=O)C1CCCCC1)CC(=O)O. The number of carbonyl (C=O) groups excluding carboxylic acids is 2. The molecule has 1 aliphatic rings. The van der Waals surface area contributed by atoms with E-state index < -0.39 is 5.97 Å². The number of rotatable bonds is 12. The molecule has 0 bridgehead atoms. The van der Waals surface area contributed by atoms with Crippen LogP contribution >= 0.6 is 11.8 Å². The summed E-state index contributed by atoms with van der Waals surface area (Å²) in [7, 11) is 0. The number of hydrogen-bond donors (Lipinski definition) is 3. The van der Waals surface area contributed by atoms with Crippen molar-refractivity contribution in [2.75, 3.05) is 24.6 Å². The van der Waals surface area contributed by atoms with Crippen molar-refractivity contribution in [1.82, 2.24) is 10.6 Å². The third-order valence-electron chi connectivity index (χ3n) is 4.75. The molecule has 0 aliphatic heterocycles. The Bertz CT molecular complexity index is 462. The maximum absolute atomic E-state index is 12.0. The van der Waals surface area contributed by atoms with Crippen LogP contribution in [0.25, 0.3) is 0 Å². The molecule has 0 heterocycles. The predicted octanol–water partition coefficient (Wildman–Crippen LogP) is 2.81. The largest absolute Gasteiger partial charge is 0.481 e. The molecule has 1 rings (SSSR count). The number of thioether (sulfide) groups is 1. The van der Waals surface area contributed by atoms with Crippen LogP contribution in [0.2, 0.25) is 0 Å². The van der Waals surface area contributed by atoms with Gasteiger partial charge in [0.05, 0.1) is 6.42 Å². The molecule has 26 heavy (non-hydrogen) atoms. The highest BCUT2D eigenvalue weighted by atomic mass is 32.2. The number of carbonyl (C=O) groups is 3. The van der Waals surface area contributed by atoms with Crippen molar-refractivity contribution in [3.05, 3.63) is 0 Å².